The fourth-order valence-electron chi connectivity index (χ4n) is 2.61. The van der Waals surface area contributed by atoms with Gasteiger partial charge in [-0.25, -0.2) is 19.4 Å². The molecule has 2 amide bonds. The number of nitrogens with zero attached hydrogens (tertiary/aromatic N) is 5. The molecular weight excluding hydrogens is 332 g/mol. The van der Waals surface area contributed by atoms with Crippen LogP contribution in [0, 0.1) is 6.92 Å². The van der Waals surface area contributed by atoms with E-state index < -0.39 is 0 Å². The number of hydrogen-bond acceptors (Lipinski definition) is 5. The van der Waals surface area contributed by atoms with Gasteiger partial charge in [-0.1, -0.05) is 6.07 Å². The van der Waals surface area contributed by atoms with Crippen molar-refractivity contribution in [3.63, 3.8) is 0 Å². The van der Waals surface area contributed by atoms with Crippen LogP contribution in [0.4, 0.5) is 10.5 Å². The Morgan fingerprint density at radius 3 is 3.04 bits per heavy atom. The van der Waals surface area contributed by atoms with Crippen LogP contribution in [0.2, 0.25) is 0 Å². The molecule has 0 atom stereocenters. The van der Waals surface area contributed by atoms with Gasteiger partial charge in [-0.05, 0) is 25.1 Å². The lowest BCUT2D eigenvalue weighted by Crippen LogP contribution is -2.28. The number of H-pyrrole nitrogens is 1. The van der Waals surface area contributed by atoms with Crippen molar-refractivity contribution in [2.24, 2.45) is 0 Å². The van der Waals surface area contributed by atoms with Gasteiger partial charge in [0.1, 0.15) is 0 Å². The standard InChI is InChI=1S/C17H16N8O/c1-11-14-8-13(10-19-15(14)24-23-11)22-17(26)20-9-12-4-2-5-18-16(12)25-7-3-6-21-25/h2-8,10H,9H2,1H3,(H,19,23,24)(H2,20,22,26). The van der Waals surface area contributed by atoms with Crippen LogP contribution in [0.15, 0.2) is 49.1 Å². The summed E-state index contributed by atoms with van der Waals surface area (Å²) in [4.78, 5) is 20.8. The molecule has 0 spiro atoms. The summed E-state index contributed by atoms with van der Waals surface area (Å²) in [5.41, 5.74) is 2.96. The molecule has 4 heterocycles. The van der Waals surface area contributed by atoms with Crippen LogP contribution < -0.4 is 10.6 Å². The van der Waals surface area contributed by atoms with Gasteiger partial charge < -0.3 is 10.6 Å². The van der Waals surface area contributed by atoms with Crippen LogP contribution in [0.3, 0.4) is 0 Å². The zero-order chi connectivity index (χ0) is 17.9. The van der Waals surface area contributed by atoms with Crippen molar-refractivity contribution in [3.05, 3.63) is 60.3 Å². The van der Waals surface area contributed by atoms with Crippen molar-refractivity contribution < 1.29 is 4.79 Å². The molecule has 0 fully saturated rings. The number of carbonyl (C=O) groups excluding carboxylic acids is 1. The predicted molar refractivity (Wildman–Crippen MR) is 95.8 cm³/mol. The van der Waals surface area contributed by atoms with E-state index in [4.69, 9.17) is 0 Å². The van der Waals surface area contributed by atoms with E-state index in [1.54, 1.807) is 29.5 Å². The number of anilines is 1. The van der Waals surface area contributed by atoms with Gasteiger partial charge in [0.2, 0.25) is 0 Å². The Labute approximate surface area is 148 Å². The van der Waals surface area contributed by atoms with Crippen LogP contribution in [0.1, 0.15) is 11.3 Å². The lowest BCUT2D eigenvalue weighted by atomic mass is 10.2. The molecule has 130 valence electrons. The minimum Gasteiger partial charge on any atom is -0.334 e. The van der Waals surface area contributed by atoms with Crippen molar-refractivity contribution in [3.8, 4) is 5.82 Å². The summed E-state index contributed by atoms with van der Waals surface area (Å²) in [5, 5.41) is 17.6. The Morgan fingerprint density at radius 1 is 1.27 bits per heavy atom. The number of nitrogens with one attached hydrogen (secondary N) is 3. The summed E-state index contributed by atoms with van der Waals surface area (Å²) in [6.45, 7) is 2.22. The number of fused-ring (bicyclic) bond motifs is 1. The van der Waals surface area contributed by atoms with Crippen molar-refractivity contribution in [2.75, 3.05) is 5.32 Å². The number of carbonyl (C=O) groups is 1. The molecule has 4 rings (SSSR count). The first-order valence-corrected chi connectivity index (χ1v) is 8.00. The van der Waals surface area contributed by atoms with E-state index >= 15 is 0 Å². The Kier molecular flexibility index (Phi) is 4.02. The second-order valence-corrected chi connectivity index (χ2v) is 5.69. The van der Waals surface area contributed by atoms with E-state index in [1.807, 2.05) is 31.2 Å². The van der Waals surface area contributed by atoms with Gasteiger partial charge in [0, 0.05) is 41.8 Å². The molecule has 9 heteroatoms. The molecule has 4 aromatic rings. The highest BCUT2D eigenvalue weighted by atomic mass is 16.2. The number of urea groups is 1. The number of aromatic nitrogens is 6. The highest BCUT2D eigenvalue weighted by Gasteiger charge is 2.09. The summed E-state index contributed by atoms with van der Waals surface area (Å²) in [6.07, 6.45) is 6.75. The fourth-order valence-corrected chi connectivity index (χ4v) is 2.61. The Morgan fingerprint density at radius 2 is 2.19 bits per heavy atom. The molecule has 0 aliphatic heterocycles. The fraction of sp³-hybridized carbons (Fsp3) is 0.118. The SMILES string of the molecule is Cc1[nH]nc2ncc(NC(=O)NCc3cccnc3-n3cccn3)cc12. The molecule has 0 aliphatic rings. The predicted octanol–water partition coefficient (Wildman–Crippen LogP) is 2.17. The lowest BCUT2D eigenvalue weighted by molar-refractivity contribution is 0.251. The van der Waals surface area contributed by atoms with E-state index in [0.717, 1.165) is 16.6 Å². The first-order valence-electron chi connectivity index (χ1n) is 8.00. The minimum atomic E-state index is -0.331. The highest BCUT2D eigenvalue weighted by Crippen LogP contribution is 2.17. The van der Waals surface area contributed by atoms with Crippen molar-refractivity contribution in [1.82, 2.24) is 35.3 Å². The molecular formula is C17H16N8O. The third-order valence-corrected chi connectivity index (χ3v) is 3.89. The first kappa shape index (κ1) is 15.8. The van der Waals surface area contributed by atoms with Gasteiger partial charge >= 0.3 is 6.03 Å². The zero-order valence-electron chi connectivity index (χ0n) is 14.0. The Balaban J connectivity index is 1.45. The van der Waals surface area contributed by atoms with Gasteiger partial charge in [0.15, 0.2) is 11.5 Å². The Bertz CT molecular complexity index is 1050. The maximum atomic E-state index is 12.2. The van der Waals surface area contributed by atoms with E-state index in [-0.39, 0.29) is 6.03 Å². The maximum absolute atomic E-state index is 12.2. The summed E-state index contributed by atoms with van der Waals surface area (Å²) >= 11 is 0. The van der Waals surface area contributed by atoms with Gasteiger partial charge in [-0.2, -0.15) is 10.2 Å². The highest BCUT2D eigenvalue weighted by molar-refractivity contribution is 5.91. The second-order valence-electron chi connectivity index (χ2n) is 5.69. The van der Waals surface area contributed by atoms with Gasteiger partial charge in [-0.3, -0.25) is 5.10 Å². The van der Waals surface area contributed by atoms with Crippen LogP contribution in [0.25, 0.3) is 16.9 Å². The largest absolute Gasteiger partial charge is 0.334 e. The second kappa shape index (κ2) is 6.63. The number of aromatic amines is 1. The molecule has 3 N–H and O–H groups in total. The van der Waals surface area contributed by atoms with Gasteiger partial charge in [0.05, 0.1) is 11.9 Å². The van der Waals surface area contributed by atoms with Crippen molar-refractivity contribution >= 4 is 22.8 Å². The molecule has 0 radical (unpaired) electrons. The lowest BCUT2D eigenvalue weighted by Gasteiger charge is -2.10. The molecule has 0 bridgehead atoms. The molecule has 0 saturated carbocycles. The normalized spacial score (nSPS) is 10.8. The molecule has 0 aliphatic carbocycles. The molecule has 0 saturated heterocycles. The molecule has 0 unspecified atom stereocenters. The van der Waals surface area contributed by atoms with Crippen LogP contribution in [-0.2, 0) is 6.54 Å². The van der Waals surface area contributed by atoms with Crippen molar-refractivity contribution in [2.45, 2.75) is 13.5 Å². The van der Waals surface area contributed by atoms with Crippen LogP contribution in [0.5, 0.6) is 0 Å². The summed E-state index contributed by atoms with van der Waals surface area (Å²) in [5.74, 6) is 0.676. The first-order chi connectivity index (χ1) is 12.7. The number of hydrogen-bond donors (Lipinski definition) is 3. The average molecular weight is 348 g/mol. The minimum absolute atomic E-state index is 0.315. The third-order valence-electron chi connectivity index (χ3n) is 3.89. The van der Waals surface area contributed by atoms with Crippen LogP contribution >= 0.6 is 0 Å². The van der Waals surface area contributed by atoms with E-state index in [9.17, 15) is 4.79 Å². The van der Waals surface area contributed by atoms with E-state index in [1.165, 1.54) is 0 Å². The van der Waals surface area contributed by atoms with E-state index in [0.29, 0.717) is 23.7 Å². The summed E-state index contributed by atoms with van der Waals surface area (Å²) in [7, 11) is 0. The smallest absolute Gasteiger partial charge is 0.319 e. The topological polar surface area (TPSA) is 113 Å². The van der Waals surface area contributed by atoms with Gasteiger partial charge in [0.25, 0.3) is 0 Å². The average Bonchev–Trinajstić information content (AvgIpc) is 3.31. The van der Waals surface area contributed by atoms with Gasteiger partial charge in [-0.15, -0.1) is 0 Å². The molecule has 26 heavy (non-hydrogen) atoms. The number of aryl methyl sites for hydroxylation is 1. The quantitative estimate of drug-likeness (QED) is 0.523. The van der Waals surface area contributed by atoms with Crippen molar-refractivity contribution in [1.29, 1.82) is 0 Å². The third kappa shape index (κ3) is 3.09. The number of pyridine rings is 2. The maximum Gasteiger partial charge on any atom is 0.319 e. The summed E-state index contributed by atoms with van der Waals surface area (Å²) < 4.78 is 1.66. The molecule has 9 nitrogen and oxygen atoms in total. The van der Waals surface area contributed by atoms with Crippen LogP contribution in [-0.4, -0.2) is 36.0 Å². The molecule has 0 aromatic carbocycles. The Hall–Kier alpha value is -3.75. The molecule has 4 aromatic heterocycles. The number of amides is 2. The zero-order valence-corrected chi connectivity index (χ0v) is 14.0. The number of rotatable bonds is 4. The van der Waals surface area contributed by atoms with E-state index in [2.05, 4.69) is 35.9 Å². The monoisotopic (exact) mass is 348 g/mol. The summed E-state index contributed by atoms with van der Waals surface area (Å²) in [6, 6.07) is 7.04.